The number of fused-ring (bicyclic) bond motifs is 5. The normalized spacial score (nSPS) is 44.8. The van der Waals surface area contributed by atoms with E-state index in [1.165, 1.54) is 13.8 Å². The maximum atomic E-state index is 12.6. The molecule has 28 heavy (non-hydrogen) atoms. The van der Waals surface area contributed by atoms with E-state index in [4.69, 9.17) is 9.47 Å². The molecule has 0 radical (unpaired) electrons. The van der Waals surface area contributed by atoms with Crippen LogP contribution in [0, 0.1) is 34.5 Å². The summed E-state index contributed by atoms with van der Waals surface area (Å²) in [5.41, 5.74) is -0.149. The number of ketones is 1. The average Bonchev–Trinajstić information content (AvgIpc) is 2.94. The Balaban J connectivity index is 1.61. The molecule has 0 unspecified atom stereocenters. The molecule has 4 aliphatic rings. The van der Waals surface area contributed by atoms with Crippen LogP contribution in [0.2, 0.25) is 0 Å². The van der Waals surface area contributed by atoms with Gasteiger partial charge in [0.2, 0.25) is 0 Å². The van der Waals surface area contributed by atoms with Gasteiger partial charge in [0.15, 0.2) is 0 Å². The van der Waals surface area contributed by atoms with Crippen LogP contribution in [0.3, 0.4) is 0 Å². The number of hydrogen-bond donors (Lipinski definition) is 0. The molecule has 0 saturated heterocycles. The van der Waals surface area contributed by atoms with Gasteiger partial charge in [-0.1, -0.05) is 6.92 Å². The van der Waals surface area contributed by atoms with Crippen LogP contribution in [-0.2, 0) is 23.9 Å². The molecule has 5 heteroatoms. The summed E-state index contributed by atoms with van der Waals surface area (Å²) < 4.78 is 11.2. The lowest BCUT2D eigenvalue weighted by molar-refractivity contribution is -0.179. The number of Topliss-reactive ketones (excluding diaryl/α,β-unsaturated/α-hetero) is 1. The van der Waals surface area contributed by atoms with Crippen LogP contribution in [0.5, 0.6) is 0 Å². The van der Waals surface area contributed by atoms with E-state index in [0.29, 0.717) is 36.1 Å². The topological polar surface area (TPSA) is 69.7 Å². The summed E-state index contributed by atoms with van der Waals surface area (Å²) in [6.07, 6.45) is 8.69. The molecule has 0 spiro atoms. The van der Waals surface area contributed by atoms with Crippen molar-refractivity contribution in [3.63, 3.8) is 0 Å². The number of esters is 2. The number of carbonyl (C=O) groups excluding carboxylic acids is 3. The van der Waals surface area contributed by atoms with Crippen LogP contribution in [0.15, 0.2) is 0 Å². The van der Waals surface area contributed by atoms with Crippen molar-refractivity contribution < 1.29 is 23.9 Å². The van der Waals surface area contributed by atoms with E-state index in [1.807, 2.05) is 0 Å². The van der Waals surface area contributed by atoms with Gasteiger partial charge in [0.25, 0.3) is 0 Å². The van der Waals surface area contributed by atoms with E-state index >= 15 is 0 Å². The zero-order chi connectivity index (χ0) is 20.1. The predicted octanol–water partition coefficient (Wildman–Crippen LogP) is 4.07. The third-order valence-corrected chi connectivity index (χ3v) is 8.90. The lowest BCUT2D eigenvalue weighted by atomic mass is 9.45. The fourth-order valence-corrected chi connectivity index (χ4v) is 7.64. The average molecular weight is 391 g/mol. The first-order valence-electron chi connectivity index (χ1n) is 11.1. The first-order chi connectivity index (χ1) is 13.3. The largest absolute Gasteiger partial charge is 0.465 e. The molecule has 0 aliphatic heterocycles. The second-order valence-corrected chi connectivity index (χ2v) is 10.1. The summed E-state index contributed by atoms with van der Waals surface area (Å²) in [6.45, 7) is 5.66. The Bertz CT molecular complexity index is 672. The van der Waals surface area contributed by atoms with Crippen molar-refractivity contribution in [2.75, 3.05) is 6.61 Å². The molecule has 7 atom stereocenters. The van der Waals surface area contributed by atoms with Crippen LogP contribution >= 0.6 is 0 Å². The van der Waals surface area contributed by atoms with Crippen molar-refractivity contribution in [1.29, 1.82) is 0 Å². The molecule has 0 N–H and O–H groups in total. The fraction of sp³-hybridized carbons (Fsp3) is 0.870. The first-order valence-corrected chi connectivity index (χ1v) is 11.1. The van der Waals surface area contributed by atoms with Gasteiger partial charge in [-0.05, 0) is 75.0 Å². The molecule has 0 aromatic rings. The second kappa shape index (κ2) is 7.14. The molecule has 0 amide bonds. The van der Waals surface area contributed by atoms with E-state index in [0.717, 1.165) is 57.8 Å². The van der Waals surface area contributed by atoms with E-state index in [2.05, 4.69) is 6.92 Å². The zero-order valence-electron chi connectivity index (χ0n) is 17.5. The Morgan fingerprint density at radius 3 is 2.50 bits per heavy atom. The molecular formula is C23H34O5. The van der Waals surface area contributed by atoms with Gasteiger partial charge in [-0.2, -0.15) is 0 Å². The third kappa shape index (κ3) is 3.09. The Morgan fingerprint density at radius 1 is 1.00 bits per heavy atom. The highest BCUT2D eigenvalue weighted by Gasteiger charge is 2.62. The summed E-state index contributed by atoms with van der Waals surface area (Å²) in [5, 5.41) is 0. The van der Waals surface area contributed by atoms with Crippen LogP contribution in [0.25, 0.3) is 0 Å². The smallest absolute Gasteiger partial charge is 0.302 e. The van der Waals surface area contributed by atoms with Crippen molar-refractivity contribution in [1.82, 2.24) is 0 Å². The van der Waals surface area contributed by atoms with Crippen LogP contribution < -0.4 is 0 Å². The van der Waals surface area contributed by atoms with Crippen LogP contribution in [0.4, 0.5) is 0 Å². The van der Waals surface area contributed by atoms with Gasteiger partial charge in [-0.15, -0.1) is 0 Å². The van der Waals surface area contributed by atoms with Gasteiger partial charge in [0.1, 0.15) is 11.9 Å². The van der Waals surface area contributed by atoms with Crippen molar-refractivity contribution >= 4 is 17.7 Å². The van der Waals surface area contributed by atoms with Gasteiger partial charge in [-0.25, -0.2) is 0 Å². The summed E-state index contributed by atoms with van der Waals surface area (Å²) in [5.74, 6) is 2.02. The molecule has 4 fully saturated rings. The molecule has 5 nitrogen and oxygen atoms in total. The minimum Gasteiger partial charge on any atom is -0.465 e. The van der Waals surface area contributed by atoms with Crippen LogP contribution in [-0.4, -0.2) is 30.4 Å². The maximum absolute atomic E-state index is 12.6. The zero-order valence-corrected chi connectivity index (χ0v) is 17.5. The lowest BCUT2D eigenvalue weighted by Gasteiger charge is -2.60. The van der Waals surface area contributed by atoms with Crippen molar-refractivity contribution in [2.45, 2.75) is 84.7 Å². The molecule has 0 heterocycles. The minimum atomic E-state index is -0.214. The number of ether oxygens (including phenoxy) is 2. The second-order valence-electron chi connectivity index (χ2n) is 10.1. The highest BCUT2D eigenvalue weighted by Crippen LogP contribution is 2.65. The highest BCUT2D eigenvalue weighted by molar-refractivity contribution is 5.87. The Hall–Kier alpha value is -1.39. The van der Waals surface area contributed by atoms with Crippen molar-refractivity contribution in [3.8, 4) is 0 Å². The van der Waals surface area contributed by atoms with E-state index in [-0.39, 0.29) is 28.9 Å². The van der Waals surface area contributed by atoms with Crippen molar-refractivity contribution in [2.24, 2.45) is 34.5 Å². The molecule has 4 aliphatic carbocycles. The maximum Gasteiger partial charge on any atom is 0.302 e. The standard InChI is InChI=1S/C23H34O5/c1-14(24)27-13-23-11-8-17(28-15(2)25)12-16(23)4-5-18-19-6-7-21(26)22(19,3)10-9-20(18)23/h16-20H,4-13H2,1-3H3/t16-,17-,18-,19-,20+,22-,23+/m0/s1. The minimum absolute atomic E-state index is 0.00795. The van der Waals surface area contributed by atoms with Gasteiger partial charge in [0, 0.05) is 31.1 Å². The Labute approximate surface area is 167 Å². The summed E-state index contributed by atoms with van der Waals surface area (Å²) in [6, 6.07) is 0. The quantitative estimate of drug-likeness (QED) is 0.679. The van der Waals surface area contributed by atoms with E-state index < -0.39 is 0 Å². The Kier molecular flexibility index (Phi) is 5.08. The van der Waals surface area contributed by atoms with Gasteiger partial charge in [0.05, 0.1) is 6.61 Å². The van der Waals surface area contributed by atoms with Crippen LogP contribution in [0.1, 0.15) is 78.6 Å². The molecule has 4 saturated carbocycles. The van der Waals surface area contributed by atoms with Crippen molar-refractivity contribution in [3.05, 3.63) is 0 Å². The van der Waals surface area contributed by atoms with E-state index in [1.54, 1.807) is 0 Å². The van der Waals surface area contributed by atoms with Gasteiger partial charge >= 0.3 is 11.9 Å². The molecule has 4 rings (SSSR count). The van der Waals surface area contributed by atoms with Gasteiger partial charge in [-0.3, -0.25) is 14.4 Å². The summed E-state index contributed by atoms with van der Waals surface area (Å²) in [7, 11) is 0. The Morgan fingerprint density at radius 2 is 1.79 bits per heavy atom. The SMILES string of the molecule is CC(=O)OC[C@]12CC[C@H](OC(C)=O)C[C@@H]1CC[C@@H]1[C@H]2CC[C@]2(C)C(=O)CC[C@@H]12. The number of carbonyl (C=O) groups is 3. The monoisotopic (exact) mass is 390 g/mol. The fourth-order valence-electron chi connectivity index (χ4n) is 7.64. The molecule has 156 valence electrons. The lowest BCUT2D eigenvalue weighted by Crippen LogP contribution is -2.57. The van der Waals surface area contributed by atoms with E-state index in [9.17, 15) is 14.4 Å². The summed E-state index contributed by atoms with van der Waals surface area (Å²) >= 11 is 0. The molecule has 0 aromatic heterocycles. The third-order valence-electron chi connectivity index (χ3n) is 8.90. The highest BCUT2D eigenvalue weighted by atomic mass is 16.5. The van der Waals surface area contributed by atoms with Gasteiger partial charge < -0.3 is 9.47 Å². The molecular weight excluding hydrogens is 356 g/mol. The first kappa shape index (κ1) is 19.9. The molecule has 0 aromatic carbocycles. The number of hydrogen-bond acceptors (Lipinski definition) is 5. The molecule has 0 bridgehead atoms. The predicted molar refractivity (Wildman–Crippen MR) is 103 cm³/mol. The summed E-state index contributed by atoms with van der Waals surface area (Å²) in [4.78, 5) is 35.7. The number of rotatable bonds is 3.